The van der Waals surface area contributed by atoms with Gasteiger partial charge in [-0.25, -0.2) is 11.6 Å². The summed E-state index contributed by atoms with van der Waals surface area (Å²) in [5, 5.41) is 0.446. The summed E-state index contributed by atoms with van der Waals surface area (Å²) in [4.78, 5) is 7.00. The van der Waals surface area contributed by atoms with Gasteiger partial charge in [-0.1, -0.05) is 11.6 Å². The Morgan fingerprint density at radius 3 is 3.10 bits per heavy atom. The van der Waals surface area contributed by atoms with Crippen LogP contribution in [0.4, 0.5) is 0 Å². The first kappa shape index (κ1) is 7.04. The highest BCUT2D eigenvalue weighted by atomic mass is 35.5. The zero-order chi connectivity index (χ0) is 7.40. The van der Waals surface area contributed by atoms with Crippen LogP contribution >= 0.6 is 11.6 Å². The van der Waals surface area contributed by atoms with E-state index in [9.17, 15) is 0 Å². The Morgan fingerprint density at radius 1 is 1.70 bits per heavy atom. The molecule has 0 unspecified atom stereocenters. The predicted octanol–water partition coefficient (Wildman–Crippen LogP) is 2.15. The van der Waals surface area contributed by atoms with E-state index in [1.165, 1.54) is 0 Å². The van der Waals surface area contributed by atoms with Gasteiger partial charge in [0.1, 0.15) is 5.15 Å². The van der Waals surface area contributed by atoms with Gasteiger partial charge < -0.3 is 4.85 Å². The molecule has 0 aromatic carbocycles. The summed E-state index contributed by atoms with van der Waals surface area (Å²) in [5.74, 6) is 0. The van der Waals surface area contributed by atoms with Crippen molar-refractivity contribution in [3.05, 3.63) is 40.5 Å². The molecule has 1 rings (SSSR count). The van der Waals surface area contributed by atoms with Crippen LogP contribution in [0.1, 0.15) is 5.56 Å². The molecule has 3 heteroatoms. The summed E-state index contributed by atoms with van der Waals surface area (Å²) in [5.41, 5.74) is 0.912. The zero-order valence-corrected chi connectivity index (χ0v) is 5.97. The highest BCUT2D eigenvalue weighted by Gasteiger charge is 1.94. The van der Waals surface area contributed by atoms with E-state index in [4.69, 9.17) is 18.2 Å². The molecule has 0 aliphatic heterocycles. The van der Waals surface area contributed by atoms with Crippen LogP contribution in [0.5, 0.6) is 0 Å². The smallest absolute Gasteiger partial charge is 0.239 e. The van der Waals surface area contributed by atoms with Crippen LogP contribution in [0, 0.1) is 6.57 Å². The van der Waals surface area contributed by atoms with E-state index in [0.717, 1.165) is 5.56 Å². The van der Waals surface area contributed by atoms with E-state index in [2.05, 4.69) is 9.83 Å². The zero-order valence-electron chi connectivity index (χ0n) is 5.21. The Balaban J connectivity index is 2.87. The second kappa shape index (κ2) is 3.19. The largest absolute Gasteiger partial charge is 0.312 e. The van der Waals surface area contributed by atoms with E-state index in [-0.39, 0.29) is 0 Å². The van der Waals surface area contributed by atoms with E-state index < -0.39 is 0 Å². The Hall–Kier alpha value is -1.07. The maximum Gasteiger partial charge on any atom is 0.239 e. The summed E-state index contributed by atoms with van der Waals surface area (Å²) in [7, 11) is 0. The predicted molar refractivity (Wildman–Crippen MR) is 39.6 cm³/mol. The third-order valence-electron chi connectivity index (χ3n) is 1.05. The summed E-state index contributed by atoms with van der Waals surface area (Å²) < 4.78 is 0. The first-order valence-corrected chi connectivity index (χ1v) is 3.14. The average Bonchev–Trinajstić information content (AvgIpc) is 1.88. The lowest BCUT2D eigenvalue weighted by atomic mass is 10.3. The number of hydrogen-bond donors (Lipinski definition) is 0. The molecular weight excluding hydrogens is 148 g/mol. The third-order valence-corrected chi connectivity index (χ3v) is 1.26. The van der Waals surface area contributed by atoms with Crippen molar-refractivity contribution in [2.45, 2.75) is 6.54 Å². The van der Waals surface area contributed by atoms with Gasteiger partial charge in [0.2, 0.25) is 6.54 Å². The molecule has 0 saturated heterocycles. The topological polar surface area (TPSA) is 17.2 Å². The Morgan fingerprint density at radius 2 is 2.50 bits per heavy atom. The third kappa shape index (κ3) is 1.71. The first-order chi connectivity index (χ1) is 4.83. The fourth-order valence-corrected chi connectivity index (χ4v) is 0.829. The van der Waals surface area contributed by atoms with Crippen LogP contribution in [0.3, 0.4) is 0 Å². The fraction of sp³-hybridized carbons (Fsp3) is 0.143. The van der Waals surface area contributed by atoms with Gasteiger partial charge in [0.15, 0.2) is 0 Å². The maximum atomic E-state index is 6.57. The van der Waals surface area contributed by atoms with Crippen LogP contribution in [0.25, 0.3) is 4.85 Å². The molecular formula is C7H5ClN2. The van der Waals surface area contributed by atoms with Crippen molar-refractivity contribution in [2.75, 3.05) is 0 Å². The van der Waals surface area contributed by atoms with Crippen molar-refractivity contribution in [1.29, 1.82) is 0 Å². The number of halogens is 1. The van der Waals surface area contributed by atoms with E-state index >= 15 is 0 Å². The van der Waals surface area contributed by atoms with Crippen LogP contribution < -0.4 is 0 Å². The lowest BCUT2D eigenvalue weighted by Gasteiger charge is -1.89. The van der Waals surface area contributed by atoms with E-state index in [1.807, 2.05) is 0 Å². The van der Waals surface area contributed by atoms with Gasteiger partial charge in [-0.05, 0) is 12.1 Å². The minimum Gasteiger partial charge on any atom is -0.312 e. The quantitative estimate of drug-likeness (QED) is 0.445. The second-order valence-electron chi connectivity index (χ2n) is 1.80. The highest BCUT2D eigenvalue weighted by Crippen LogP contribution is 2.07. The molecule has 0 atom stereocenters. The van der Waals surface area contributed by atoms with Crippen molar-refractivity contribution in [3.63, 3.8) is 0 Å². The Kier molecular flexibility index (Phi) is 2.24. The molecule has 0 radical (unpaired) electrons. The molecule has 0 aliphatic carbocycles. The monoisotopic (exact) mass is 152 g/mol. The number of aromatic nitrogens is 1. The van der Waals surface area contributed by atoms with Crippen LogP contribution in [-0.2, 0) is 6.54 Å². The summed E-state index contributed by atoms with van der Waals surface area (Å²) in [6, 6.07) is 3.48. The Bertz CT molecular complexity index is 265. The van der Waals surface area contributed by atoms with Gasteiger partial charge in [0, 0.05) is 11.8 Å². The molecule has 2 nitrogen and oxygen atoms in total. The summed E-state index contributed by atoms with van der Waals surface area (Å²) >= 11 is 5.57. The van der Waals surface area contributed by atoms with Crippen LogP contribution in [0.2, 0.25) is 5.15 Å². The van der Waals surface area contributed by atoms with E-state index in [1.54, 1.807) is 18.3 Å². The molecule has 0 amide bonds. The first-order valence-electron chi connectivity index (χ1n) is 2.76. The standard InChI is InChI=1S/C7H5ClN2/c1-9-5-6-2-3-10-7(8)4-6/h2-4H,5H2. The lowest BCUT2D eigenvalue weighted by Crippen LogP contribution is -1.80. The van der Waals surface area contributed by atoms with E-state index in [0.29, 0.717) is 11.7 Å². The number of pyridine rings is 1. The van der Waals surface area contributed by atoms with Gasteiger partial charge in [0.25, 0.3) is 0 Å². The lowest BCUT2D eigenvalue weighted by molar-refractivity contribution is 1.21. The van der Waals surface area contributed by atoms with Crippen molar-refractivity contribution in [1.82, 2.24) is 4.98 Å². The van der Waals surface area contributed by atoms with Gasteiger partial charge in [0.05, 0.1) is 0 Å². The SMILES string of the molecule is [C-]#[N+]Cc1ccnc(Cl)c1. The van der Waals surface area contributed by atoms with Gasteiger partial charge >= 0.3 is 0 Å². The molecule has 0 aliphatic rings. The second-order valence-corrected chi connectivity index (χ2v) is 2.19. The fourth-order valence-electron chi connectivity index (χ4n) is 0.632. The molecule has 0 saturated carbocycles. The molecule has 1 aromatic rings. The molecule has 0 bridgehead atoms. The molecule has 0 fully saturated rings. The summed E-state index contributed by atoms with van der Waals surface area (Å²) in [6.07, 6.45) is 1.60. The number of nitrogens with zero attached hydrogens (tertiary/aromatic N) is 2. The molecule has 1 aromatic heterocycles. The van der Waals surface area contributed by atoms with Crippen molar-refractivity contribution < 1.29 is 0 Å². The highest BCUT2D eigenvalue weighted by molar-refractivity contribution is 6.29. The van der Waals surface area contributed by atoms with Crippen molar-refractivity contribution >= 4 is 11.6 Å². The maximum absolute atomic E-state index is 6.57. The van der Waals surface area contributed by atoms with Gasteiger partial charge in [-0.15, -0.1) is 0 Å². The Labute approximate surface area is 64.3 Å². The van der Waals surface area contributed by atoms with Gasteiger partial charge in [-0.3, -0.25) is 0 Å². The van der Waals surface area contributed by atoms with Crippen LogP contribution in [0.15, 0.2) is 18.3 Å². The molecule has 0 spiro atoms. The van der Waals surface area contributed by atoms with Gasteiger partial charge in [-0.2, -0.15) is 0 Å². The number of rotatable bonds is 1. The average molecular weight is 153 g/mol. The number of hydrogen-bond acceptors (Lipinski definition) is 1. The molecule has 50 valence electrons. The normalized spacial score (nSPS) is 8.80. The summed E-state index contributed by atoms with van der Waals surface area (Å²) in [6.45, 7) is 6.95. The van der Waals surface area contributed by atoms with Crippen molar-refractivity contribution in [3.8, 4) is 0 Å². The molecule has 0 N–H and O–H groups in total. The minimum atomic E-state index is 0.377. The molecule has 10 heavy (non-hydrogen) atoms. The minimum absolute atomic E-state index is 0.377. The van der Waals surface area contributed by atoms with Crippen LogP contribution in [-0.4, -0.2) is 4.98 Å². The van der Waals surface area contributed by atoms with Crippen molar-refractivity contribution in [2.24, 2.45) is 0 Å². The molecule has 1 heterocycles.